The number of hydrogen-bond donors (Lipinski definition) is 2. The molecule has 12 heteroatoms. The molecule has 42 heavy (non-hydrogen) atoms. The van der Waals surface area contributed by atoms with Crippen molar-refractivity contribution in [3.05, 3.63) is 47.7 Å². The van der Waals surface area contributed by atoms with Crippen molar-refractivity contribution in [3.8, 4) is 23.0 Å². The van der Waals surface area contributed by atoms with Crippen LogP contribution >= 0.6 is 0 Å². The number of hydrogen-bond acceptors (Lipinski definition) is 9. The van der Waals surface area contributed by atoms with Gasteiger partial charge in [-0.05, 0) is 67.1 Å². The van der Waals surface area contributed by atoms with Crippen molar-refractivity contribution in [2.45, 2.75) is 44.6 Å². The lowest BCUT2D eigenvalue weighted by Gasteiger charge is -2.38. The smallest absolute Gasteiger partial charge is 0.318 e. The second-order valence-electron chi connectivity index (χ2n) is 10.8. The molecular weight excluding hydrogens is 548 g/mol. The number of rotatable bonds is 10. The summed E-state index contributed by atoms with van der Waals surface area (Å²) in [6.45, 7) is 3.09. The Morgan fingerprint density at radius 3 is 2.74 bits per heavy atom. The molecule has 1 fully saturated rings. The Labute approximate surface area is 241 Å². The van der Waals surface area contributed by atoms with E-state index < -0.39 is 23.1 Å². The third kappa shape index (κ3) is 5.90. The minimum atomic E-state index is -0.985. The van der Waals surface area contributed by atoms with E-state index in [-0.39, 0.29) is 54.4 Å². The molecule has 0 aliphatic carbocycles. The maximum absolute atomic E-state index is 16.6. The van der Waals surface area contributed by atoms with E-state index in [0.717, 1.165) is 12.8 Å². The molecular formula is C30H33F2N5O5. The number of methoxy groups -OCH3 is 2. The minimum Gasteiger partial charge on any atom is -0.481 e. The number of fused-ring (bicyclic) bond motifs is 2. The van der Waals surface area contributed by atoms with Crippen LogP contribution in [0, 0.1) is 11.6 Å². The molecule has 0 radical (unpaired) electrons. The number of nitrogens with zero attached hydrogens (tertiary/aromatic N) is 4. The molecule has 5 rings (SSSR count). The molecule has 1 aliphatic heterocycles. The number of halogens is 2. The van der Waals surface area contributed by atoms with E-state index in [0.29, 0.717) is 40.8 Å². The summed E-state index contributed by atoms with van der Waals surface area (Å²) in [6, 6.07) is 6.13. The van der Waals surface area contributed by atoms with Crippen LogP contribution in [0.25, 0.3) is 32.9 Å². The van der Waals surface area contributed by atoms with Crippen LogP contribution in [0.15, 0.2) is 30.5 Å². The van der Waals surface area contributed by atoms with Gasteiger partial charge in [0.25, 0.3) is 0 Å². The van der Waals surface area contributed by atoms with Crippen LogP contribution in [0.1, 0.15) is 38.2 Å². The number of piperidine rings is 1. The van der Waals surface area contributed by atoms with Crippen molar-refractivity contribution < 1.29 is 32.9 Å². The number of carboxylic acid groups (broad SMARTS) is 1. The van der Waals surface area contributed by atoms with Gasteiger partial charge in [-0.2, -0.15) is 9.97 Å². The van der Waals surface area contributed by atoms with Crippen molar-refractivity contribution in [3.63, 3.8) is 0 Å². The number of nitrogens with two attached hydrogens (primary N) is 1. The predicted octanol–water partition coefficient (Wildman–Crippen LogP) is 4.84. The maximum Gasteiger partial charge on any atom is 0.318 e. The van der Waals surface area contributed by atoms with E-state index in [1.165, 1.54) is 26.5 Å². The standard InChI is InChI=1S/C30H33F2N5O5/c1-30(33)10-5-11-37(15-30)28-21-14-34-26(25(32)27(21)35-29(36-28)41-3)20-13-18(42-16-40-2)12-17-8-9-22(31)19(24(17)20)6-4-7-23(38)39/h8-9,12-14H,4-7,10-11,15-16,33H2,1-3H3,(H,38,39)/t30-/m1/s1. The predicted molar refractivity (Wildman–Crippen MR) is 154 cm³/mol. The van der Waals surface area contributed by atoms with Gasteiger partial charge in [0, 0.05) is 43.9 Å². The topological polar surface area (TPSA) is 133 Å². The first-order chi connectivity index (χ1) is 20.1. The van der Waals surface area contributed by atoms with Crippen molar-refractivity contribution >= 4 is 33.5 Å². The first-order valence-corrected chi connectivity index (χ1v) is 13.6. The SMILES string of the molecule is COCOc1cc(-c2ncc3c(N4CCC[C@@](C)(N)C4)nc(OC)nc3c2F)c2c(CCCC(=O)O)c(F)ccc2c1. The number of aliphatic carboxylic acids is 1. The summed E-state index contributed by atoms with van der Waals surface area (Å²) in [5.41, 5.74) is 6.45. The summed E-state index contributed by atoms with van der Waals surface area (Å²) in [5.74, 6) is -1.43. The number of benzene rings is 2. The number of aromatic nitrogens is 3. The Bertz CT molecular complexity index is 1650. The summed E-state index contributed by atoms with van der Waals surface area (Å²) >= 11 is 0. The minimum absolute atomic E-state index is 0.00802. The number of carbonyl (C=O) groups is 1. The molecule has 0 spiro atoms. The van der Waals surface area contributed by atoms with Crippen LogP contribution in [-0.4, -0.2) is 65.7 Å². The van der Waals surface area contributed by atoms with Crippen molar-refractivity contribution in [1.82, 2.24) is 15.0 Å². The highest BCUT2D eigenvalue weighted by Gasteiger charge is 2.30. The fraction of sp³-hybridized carbons (Fsp3) is 0.400. The summed E-state index contributed by atoms with van der Waals surface area (Å²) in [6.07, 6.45) is 3.38. The molecule has 3 heterocycles. The van der Waals surface area contributed by atoms with Crippen LogP contribution in [0.2, 0.25) is 0 Å². The molecule has 1 atom stereocenters. The van der Waals surface area contributed by atoms with Crippen molar-refractivity contribution in [2.24, 2.45) is 5.73 Å². The van der Waals surface area contributed by atoms with Crippen molar-refractivity contribution in [2.75, 3.05) is 39.0 Å². The summed E-state index contributed by atoms with van der Waals surface area (Å²) < 4.78 is 47.9. The van der Waals surface area contributed by atoms with Crippen LogP contribution in [0.5, 0.6) is 11.8 Å². The molecule has 2 aromatic heterocycles. The fourth-order valence-corrected chi connectivity index (χ4v) is 5.54. The average Bonchev–Trinajstić information content (AvgIpc) is 2.96. The van der Waals surface area contributed by atoms with Crippen LogP contribution in [0.4, 0.5) is 14.6 Å². The summed E-state index contributed by atoms with van der Waals surface area (Å²) in [7, 11) is 2.88. The quantitative estimate of drug-likeness (QED) is 0.251. The first-order valence-electron chi connectivity index (χ1n) is 13.6. The van der Waals surface area contributed by atoms with Gasteiger partial charge in [0.2, 0.25) is 0 Å². The Balaban J connectivity index is 1.73. The summed E-state index contributed by atoms with van der Waals surface area (Å²) in [5, 5.41) is 10.5. The lowest BCUT2D eigenvalue weighted by atomic mass is 9.92. The van der Waals surface area contributed by atoms with Gasteiger partial charge < -0.3 is 30.0 Å². The molecule has 10 nitrogen and oxygen atoms in total. The molecule has 0 saturated carbocycles. The average molecular weight is 582 g/mol. The third-order valence-electron chi connectivity index (χ3n) is 7.41. The molecule has 0 bridgehead atoms. The Morgan fingerprint density at radius 2 is 2.02 bits per heavy atom. The zero-order valence-corrected chi connectivity index (χ0v) is 23.7. The zero-order valence-electron chi connectivity index (χ0n) is 23.7. The number of ether oxygens (including phenoxy) is 3. The van der Waals surface area contributed by atoms with Crippen molar-refractivity contribution in [1.29, 1.82) is 0 Å². The molecule has 1 saturated heterocycles. The number of anilines is 1. The summed E-state index contributed by atoms with van der Waals surface area (Å²) in [4.78, 5) is 26.5. The van der Waals surface area contributed by atoms with Gasteiger partial charge in [-0.3, -0.25) is 9.78 Å². The zero-order chi connectivity index (χ0) is 30.0. The highest BCUT2D eigenvalue weighted by Crippen LogP contribution is 2.40. The first kappa shape index (κ1) is 29.3. The molecule has 2 aromatic carbocycles. The molecule has 222 valence electrons. The van der Waals surface area contributed by atoms with Gasteiger partial charge >= 0.3 is 12.0 Å². The van der Waals surface area contributed by atoms with E-state index in [9.17, 15) is 4.79 Å². The van der Waals surface area contributed by atoms with Gasteiger partial charge in [0.1, 0.15) is 28.6 Å². The lowest BCUT2D eigenvalue weighted by Crippen LogP contribution is -2.52. The number of aryl methyl sites for hydroxylation is 1. The van der Waals surface area contributed by atoms with E-state index in [1.807, 2.05) is 11.8 Å². The Kier molecular flexibility index (Phi) is 8.37. The number of carboxylic acids is 1. The maximum atomic E-state index is 16.6. The van der Waals surface area contributed by atoms with Crippen LogP contribution in [-0.2, 0) is 16.0 Å². The molecule has 0 amide bonds. The third-order valence-corrected chi connectivity index (χ3v) is 7.41. The van der Waals surface area contributed by atoms with E-state index in [1.54, 1.807) is 18.2 Å². The van der Waals surface area contributed by atoms with Gasteiger partial charge in [-0.1, -0.05) is 6.07 Å². The second-order valence-corrected chi connectivity index (χ2v) is 10.8. The molecule has 0 unspecified atom stereocenters. The van der Waals surface area contributed by atoms with Crippen LogP contribution in [0.3, 0.4) is 0 Å². The Hall–Kier alpha value is -4.16. The largest absolute Gasteiger partial charge is 0.481 e. The number of pyridine rings is 1. The normalized spacial score (nSPS) is 17.1. The van der Waals surface area contributed by atoms with Crippen LogP contribution < -0.4 is 20.1 Å². The lowest BCUT2D eigenvalue weighted by molar-refractivity contribution is -0.137. The van der Waals surface area contributed by atoms with E-state index in [4.69, 9.17) is 25.1 Å². The second kappa shape index (κ2) is 12.0. The highest BCUT2D eigenvalue weighted by atomic mass is 19.1. The van der Waals surface area contributed by atoms with E-state index >= 15 is 8.78 Å². The van der Waals surface area contributed by atoms with Gasteiger partial charge in [0.15, 0.2) is 12.6 Å². The van der Waals surface area contributed by atoms with E-state index in [2.05, 4.69) is 15.0 Å². The highest BCUT2D eigenvalue weighted by molar-refractivity contribution is 6.02. The Morgan fingerprint density at radius 1 is 1.21 bits per heavy atom. The molecule has 1 aliphatic rings. The molecule has 3 N–H and O–H groups in total. The monoisotopic (exact) mass is 581 g/mol. The van der Waals surface area contributed by atoms with Gasteiger partial charge in [-0.15, -0.1) is 0 Å². The molecule has 4 aromatic rings. The van der Waals surface area contributed by atoms with Gasteiger partial charge in [0.05, 0.1) is 12.5 Å². The fourth-order valence-electron chi connectivity index (χ4n) is 5.54. The van der Waals surface area contributed by atoms with Gasteiger partial charge in [-0.25, -0.2) is 8.78 Å².